The Balaban J connectivity index is 1.75. The summed E-state index contributed by atoms with van der Waals surface area (Å²) in [7, 11) is 0. The van der Waals surface area contributed by atoms with E-state index in [1.807, 2.05) is 6.07 Å². The zero-order valence-corrected chi connectivity index (χ0v) is 16.4. The van der Waals surface area contributed by atoms with Crippen LogP contribution in [0.25, 0.3) is 11.4 Å². The number of carbonyl (C=O) groups excluding carboxylic acids is 2. The van der Waals surface area contributed by atoms with Crippen LogP contribution in [0.4, 0.5) is 24.5 Å². The minimum Gasteiger partial charge on any atom is -0.324 e. The molecule has 0 radical (unpaired) electrons. The first-order valence-corrected chi connectivity index (χ1v) is 9.48. The SMILES string of the molecule is Cc1nc(-c2ccccc2)n(CC(=O)N2c3ccccc3NC(=O)CC2C(F)(F)F)n1. The summed E-state index contributed by atoms with van der Waals surface area (Å²) >= 11 is 0. The van der Waals surface area contributed by atoms with E-state index in [2.05, 4.69) is 15.4 Å². The van der Waals surface area contributed by atoms with Crippen molar-refractivity contribution in [1.29, 1.82) is 0 Å². The fraction of sp³-hybridized carbons (Fsp3) is 0.238. The van der Waals surface area contributed by atoms with Crippen molar-refractivity contribution < 1.29 is 22.8 Å². The second-order valence-corrected chi connectivity index (χ2v) is 7.10. The number of nitrogens with one attached hydrogen (secondary N) is 1. The first-order chi connectivity index (χ1) is 14.7. The highest BCUT2D eigenvalue weighted by molar-refractivity contribution is 6.04. The molecule has 4 rings (SSSR count). The number of aromatic nitrogens is 3. The molecule has 1 aliphatic heterocycles. The lowest BCUT2D eigenvalue weighted by Gasteiger charge is -2.31. The number of anilines is 2. The summed E-state index contributed by atoms with van der Waals surface area (Å²) in [4.78, 5) is 30.3. The Morgan fingerprint density at radius 2 is 1.81 bits per heavy atom. The fourth-order valence-corrected chi connectivity index (χ4v) is 3.57. The van der Waals surface area contributed by atoms with Gasteiger partial charge >= 0.3 is 6.18 Å². The Labute approximate surface area is 175 Å². The molecule has 1 N–H and O–H groups in total. The Morgan fingerprint density at radius 3 is 2.52 bits per heavy atom. The standard InChI is InChI=1S/C21H18F3N5O2/c1-13-25-20(14-7-3-2-4-8-14)28(27-13)12-19(31)29-16-10-6-5-9-15(16)26-18(30)11-17(29)21(22,23)24/h2-10,17H,11-12H2,1H3,(H,26,30). The average Bonchev–Trinajstić information content (AvgIpc) is 2.99. The third kappa shape index (κ3) is 4.14. The number of hydrogen-bond donors (Lipinski definition) is 1. The summed E-state index contributed by atoms with van der Waals surface area (Å²) in [6.45, 7) is 1.16. The molecule has 2 heterocycles. The van der Waals surface area contributed by atoms with Gasteiger partial charge in [0.15, 0.2) is 5.82 Å². The first kappa shape index (κ1) is 20.6. The number of rotatable bonds is 3. The van der Waals surface area contributed by atoms with Crippen molar-refractivity contribution >= 4 is 23.2 Å². The third-order valence-corrected chi connectivity index (χ3v) is 4.87. The van der Waals surface area contributed by atoms with Gasteiger partial charge in [0.1, 0.15) is 18.4 Å². The zero-order valence-electron chi connectivity index (χ0n) is 16.4. The van der Waals surface area contributed by atoms with Crippen LogP contribution in [0.2, 0.25) is 0 Å². The summed E-state index contributed by atoms with van der Waals surface area (Å²) in [5.74, 6) is -0.917. The van der Waals surface area contributed by atoms with Gasteiger partial charge in [-0.25, -0.2) is 9.67 Å². The van der Waals surface area contributed by atoms with Crippen LogP contribution in [0.3, 0.4) is 0 Å². The molecular formula is C21H18F3N5O2. The second-order valence-electron chi connectivity index (χ2n) is 7.10. The normalized spacial score (nSPS) is 16.5. The van der Waals surface area contributed by atoms with E-state index in [9.17, 15) is 22.8 Å². The summed E-state index contributed by atoms with van der Waals surface area (Å²) < 4.78 is 42.9. The molecule has 160 valence electrons. The molecule has 0 saturated heterocycles. The first-order valence-electron chi connectivity index (χ1n) is 9.48. The van der Waals surface area contributed by atoms with Gasteiger partial charge in [0, 0.05) is 5.56 Å². The highest BCUT2D eigenvalue weighted by Gasteiger charge is 2.49. The quantitative estimate of drug-likeness (QED) is 0.691. The van der Waals surface area contributed by atoms with Crippen LogP contribution in [0.5, 0.6) is 0 Å². The van der Waals surface area contributed by atoms with Crippen LogP contribution in [0.1, 0.15) is 12.2 Å². The van der Waals surface area contributed by atoms with E-state index >= 15 is 0 Å². The maximum Gasteiger partial charge on any atom is 0.409 e. The second kappa shape index (κ2) is 7.86. The molecule has 10 heteroatoms. The van der Waals surface area contributed by atoms with E-state index in [4.69, 9.17) is 0 Å². The predicted molar refractivity (Wildman–Crippen MR) is 107 cm³/mol. The predicted octanol–water partition coefficient (Wildman–Crippen LogP) is 3.56. The van der Waals surface area contributed by atoms with Crippen LogP contribution in [-0.4, -0.2) is 38.8 Å². The van der Waals surface area contributed by atoms with Gasteiger partial charge in [-0.05, 0) is 19.1 Å². The van der Waals surface area contributed by atoms with Crippen molar-refractivity contribution in [3.63, 3.8) is 0 Å². The summed E-state index contributed by atoms with van der Waals surface area (Å²) in [6.07, 6.45) is -5.70. The van der Waals surface area contributed by atoms with Crippen molar-refractivity contribution in [3.05, 3.63) is 60.4 Å². The molecule has 1 aromatic heterocycles. The number of amides is 2. The Kier molecular flexibility index (Phi) is 5.22. The molecule has 1 aliphatic rings. The van der Waals surface area contributed by atoms with Crippen molar-refractivity contribution in [2.75, 3.05) is 10.2 Å². The van der Waals surface area contributed by atoms with Crippen LogP contribution < -0.4 is 10.2 Å². The van der Waals surface area contributed by atoms with Gasteiger partial charge in [-0.1, -0.05) is 42.5 Å². The molecule has 31 heavy (non-hydrogen) atoms. The lowest BCUT2D eigenvalue weighted by Crippen LogP contribution is -2.50. The molecule has 0 saturated carbocycles. The maximum atomic E-state index is 13.9. The monoisotopic (exact) mass is 429 g/mol. The van der Waals surface area contributed by atoms with Crippen LogP contribution >= 0.6 is 0 Å². The molecule has 1 unspecified atom stereocenters. The number of aryl methyl sites for hydroxylation is 1. The number of alkyl halides is 3. The highest BCUT2D eigenvalue weighted by atomic mass is 19.4. The molecule has 3 aromatic rings. The largest absolute Gasteiger partial charge is 0.409 e. The average molecular weight is 429 g/mol. The van der Waals surface area contributed by atoms with Gasteiger partial charge in [0.2, 0.25) is 11.8 Å². The van der Waals surface area contributed by atoms with Gasteiger partial charge in [0.25, 0.3) is 0 Å². The van der Waals surface area contributed by atoms with E-state index in [0.717, 1.165) is 0 Å². The number of nitrogens with zero attached hydrogens (tertiary/aromatic N) is 4. The Morgan fingerprint density at radius 1 is 1.13 bits per heavy atom. The molecule has 2 amide bonds. The number of benzene rings is 2. The number of para-hydroxylation sites is 2. The van der Waals surface area contributed by atoms with Crippen molar-refractivity contribution in [2.45, 2.75) is 32.1 Å². The topological polar surface area (TPSA) is 80.1 Å². The van der Waals surface area contributed by atoms with Gasteiger partial charge in [-0.2, -0.15) is 18.3 Å². The number of carbonyl (C=O) groups is 2. The minimum absolute atomic E-state index is 0.0150. The number of hydrogen-bond acceptors (Lipinski definition) is 4. The highest BCUT2D eigenvalue weighted by Crippen LogP contribution is 2.38. The molecule has 0 spiro atoms. The fourth-order valence-electron chi connectivity index (χ4n) is 3.57. The van der Waals surface area contributed by atoms with Gasteiger partial charge in [0.05, 0.1) is 17.8 Å². The smallest absolute Gasteiger partial charge is 0.324 e. The summed E-state index contributed by atoms with van der Waals surface area (Å²) in [5, 5.41) is 6.64. The molecule has 7 nitrogen and oxygen atoms in total. The Bertz CT molecular complexity index is 1130. The molecular weight excluding hydrogens is 411 g/mol. The number of halogens is 3. The lowest BCUT2D eigenvalue weighted by molar-refractivity contribution is -0.158. The van der Waals surface area contributed by atoms with E-state index in [-0.39, 0.29) is 11.4 Å². The van der Waals surface area contributed by atoms with Gasteiger partial charge in [-0.15, -0.1) is 0 Å². The van der Waals surface area contributed by atoms with Crippen molar-refractivity contribution in [2.24, 2.45) is 0 Å². The summed E-state index contributed by atoms with van der Waals surface area (Å²) in [5.41, 5.74) is 0.806. The molecule has 1 atom stereocenters. The van der Waals surface area contributed by atoms with Crippen molar-refractivity contribution in [3.8, 4) is 11.4 Å². The van der Waals surface area contributed by atoms with Crippen LogP contribution in [-0.2, 0) is 16.1 Å². The van der Waals surface area contributed by atoms with Crippen molar-refractivity contribution in [1.82, 2.24) is 14.8 Å². The van der Waals surface area contributed by atoms with Gasteiger partial charge < -0.3 is 5.32 Å². The molecule has 0 aliphatic carbocycles. The molecule has 0 bridgehead atoms. The van der Waals surface area contributed by atoms with E-state index < -0.39 is 37.0 Å². The van der Waals surface area contributed by atoms with E-state index in [1.165, 1.54) is 22.9 Å². The van der Waals surface area contributed by atoms with E-state index in [1.54, 1.807) is 37.3 Å². The molecule has 0 fully saturated rings. The van der Waals surface area contributed by atoms with Crippen LogP contribution in [0.15, 0.2) is 54.6 Å². The zero-order chi connectivity index (χ0) is 22.2. The minimum atomic E-state index is -4.80. The third-order valence-electron chi connectivity index (χ3n) is 4.87. The van der Waals surface area contributed by atoms with Gasteiger partial charge in [-0.3, -0.25) is 14.5 Å². The maximum absolute atomic E-state index is 13.9. The van der Waals surface area contributed by atoms with Crippen LogP contribution in [0, 0.1) is 6.92 Å². The lowest BCUT2D eigenvalue weighted by atomic mass is 10.1. The summed E-state index contributed by atoms with van der Waals surface area (Å²) in [6, 6.07) is 12.6. The number of fused-ring (bicyclic) bond motifs is 1. The van der Waals surface area contributed by atoms with E-state index in [0.29, 0.717) is 22.1 Å². The Hall–Kier alpha value is -3.69. The molecule has 2 aromatic carbocycles.